The van der Waals surface area contributed by atoms with Crippen LogP contribution in [0.5, 0.6) is 5.75 Å². The Morgan fingerprint density at radius 1 is 1.44 bits per heavy atom. The van der Waals surface area contributed by atoms with E-state index < -0.39 is 12.0 Å². The highest BCUT2D eigenvalue weighted by atomic mass is 32.2. The smallest absolute Gasteiger partial charge is 0.327 e. The van der Waals surface area contributed by atoms with Crippen molar-refractivity contribution in [3.05, 3.63) is 29.3 Å². The molecule has 0 aromatic heterocycles. The number of aryl methyl sites for hydroxylation is 1. The lowest BCUT2D eigenvalue weighted by atomic mass is 10.1. The van der Waals surface area contributed by atoms with Gasteiger partial charge in [-0.3, -0.25) is 4.79 Å². The van der Waals surface area contributed by atoms with E-state index in [0.29, 0.717) is 22.8 Å². The number of aliphatic carboxylic acids is 1. The van der Waals surface area contributed by atoms with Gasteiger partial charge in [0.1, 0.15) is 11.8 Å². The molecule has 0 bridgehead atoms. The van der Waals surface area contributed by atoms with Crippen molar-refractivity contribution < 1.29 is 19.8 Å². The molecule has 1 saturated heterocycles. The van der Waals surface area contributed by atoms with Crippen LogP contribution in [0.4, 0.5) is 0 Å². The number of nitrogens with zero attached hydrogens (tertiary/aromatic N) is 1. The zero-order valence-electron chi connectivity index (χ0n) is 9.79. The van der Waals surface area contributed by atoms with Gasteiger partial charge in [0, 0.05) is 11.3 Å². The monoisotopic (exact) mass is 267 g/mol. The fourth-order valence-electron chi connectivity index (χ4n) is 1.89. The largest absolute Gasteiger partial charge is 0.508 e. The van der Waals surface area contributed by atoms with Crippen LogP contribution in [0.2, 0.25) is 0 Å². The molecule has 1 fully saturated rings. The van der Waals surface area contributed by atoms with Crippen molar-refractivity contribution in [2.75, 3.05) is 11.6 Å². The fraction of sp³-hybridized carbons (Fsp3) is 0.333. The SMILES string of the molecule is Cc1cc(O)ccc1C(=O)N1CSC[C@H]1C(=O)O. The Morgan fingerprint density at radius 3 is 2.78 bits per heavy atom. The van der Waals surface area contributed by atoms with Crippen molar-refractivity contribution in [3.63, 3.8) is 0 Å². The maximum absolute atomic E-state index is 12.3. The summed E-state index contributed by atoms with van der Waals surface area (Å²) in [6.45, 7) is 1.71. The van der Waals surface area contributed by atoms with Crippen LogP contribution in [0.1, 0.15) is 15.9 Å². The second-order valence-corrected chi connectivity index (χ2v) is 5.13. The van der Waals surface area contributed by atoms with Crippen LogP contribution in [0.3, 0.4) is 0 Å². The van der Waals surface area contributed by atoms with Gasteiger partial charge in [0.15, 0.2) is 0 Å². The van der Waals surface area contributed by atoms with Crippen molar-refractivity contribution >= 4 is 23.6 Å². The molecular weight excluding hydrogens is 254 g/mol. The minimum atomic E-state index is -0.982. The number of carboxylic acid groups (broad SMARTS) is 1. The van der Waals surface area contributed by atoms with Gasteiger partial charge in [0.25, 0.3) is 5.91 Å². The molecule has 1 aliphatic heterocycles. The molecule has 1 heterocycles. The highest BCUT2D eigenvalue weighted by Crippen LogP contribution is 2.25. The van der Waals surface area contributed by atoms with Gasteiger partial charge in [-0.15, -0.1) is 11.8 Å². The summed E-state index contributed by atoms with van der Waals surface area (Å²) in [6.07, 6.45) is 0. The van der Waals surface area contributed by atoms with Gasteiger partial charge in [0.05, 0.1) is 5.88 Å². The zero-order valence-corrected chi connectivity index (χ0v) is 10.6. The summed E-state index contributed by atoms with van der Waals surface area (Å²) in [6, 6.07) is 3.68. The lowest BCUT2D eigenvalue weighted by Crippen LogP contribution is -2.41. The van der Waals surface area contributed by atoms with E-state index in [1.165, 1.54) is 34.9 Å². The van der Waals surface area contributed by atoms with Crippen molar-refractivity contribution in [2.24, 2.45) is 0 Å². The van der Waals surface area contributed by atoms with Gasteiger partial charge >= 0.3 is 5.97 Å². The summed E-state index contributed by atoms with van der Waals surface area (Å²) in [5.41, 5.74) is 1.07. The Kier molecular flexibility index (Phi) is 3.47. The average molecular weight is 267 g/mol. The number of carboxylic acids is 1. The van der Waals surface area contributed by atoms with Crippen LogP contribution >= 0.6 is 11.8 Å². The first kappa shape index (κ1) is 12.8. The zero-order chi connectivity index (χ0) is 13.3. The Bertz CT molecular complexity index is 503. The third-order valence-corrected chi connectivity index (χ3v) is 3.88. The Balaban J connectivity index is 2.28. The first-order valence-corrected chi connectivity index (χ1v) is 6.57. The molecule has 6 heteroatoms. The van der Waals surface area contributed by atoms with E-state index in [-0.39, 0.29) is 11.7 Å². The third-order valence-electron chi connectivity index (χ3n) is 2.87. The summed E-state index contributed by atoms with van der Waals surface area (Å²) in [5.74, 6) is -0.391. The number of aromatic hydroxyl groups is 1. The summed E-state index contributed by atoms with van der Waals surface area (Å²) in [7, 11) is 0. The summed E-state index contributed by atoms with van der Waals surface area (Å²) in [4.78, 5) is 24.7. The second kappa shape index (κ2) is 4.89. The number of amides is 1. The number of hydrogen-bond donors (Lipinski definition) is 2. The lowest BCUT2D eigenvalue weighted by Gasteiger charge is -2.21. The van der Waals surface area contributed by atoms with Crippen LogP contribution in [-0.4, -0.2) is 44.7 Å². The number of carbonyl (C=O) groups excluding carboxylic acids is 1. The van der Waals surface area contributed by atoms with Gasteiger partial charge in [0.2, 0.25) is 0 Å². The van der Waals surface area contributed by atoms with E-state index in [4.69, 9.17) is 5.11 Å². The number of carbonyl (C=O) groups is 2. The number of phenols is 1. The van der Waals surface area contributed by atoms with E-state index in [1.807, 2.05) is 0 Å². The molecule has 0 aliphatic carbocycles. The molecule has 1 amide bonds. The second-order valence-electron chi connectivity index (χ2n) is 4.13. The predicted octanol–water partition coefficient (Wildman–Crippen LogP) is 1.30. The molecule has 2 N–H and O–H groups in total. The maximum atomic E-state index is 12.3. The molecule has 0 radical (unpaired) electrons. The van der Waals surface area contributed by atoms with E-state index in [9.17, 15) is 14.7 Å². The lowest BCUT2D eigenvalue weighted by molar-refractivity contribution is -0.140. The molecule has 18 heavy (non-hydrogen) atoms. The predicted molar refractivity (Wildman–Crippen MR) is 67.8 cm³/mol. The van der Waals surface area contributed by atoms with Crippen LogP contribution in [0.25, 0.3) is 0 Å². The van der Waals surface area contributed by atoms with E-state index in [1.54, 1.807) is 6.92 Å². The van der Waals surface area contributed by atoms with Crippen LogP contribution in [0, 0.1) is 6.92 Å². The minimum Gasteiger partial charge on any atom is -0.508 e. The summed E-state index contributed by atoms with van der Waals surface area (Å²) >= 11 is 1.43. The Labute approximate surface area is 108 Å². The van der Waals surface area contributed by atoms with Gasteiger partial charge in [-0.2, -0.15) is 0 Å². The highest BCUT2D eigenvalue weighted by Gasteiger charge is 2.35. The van der Waals surface area contributed by atoms with E-state index in [0.717, 1.165) is 0 Å². The Hall–Kier alpha value is -1.69. The molecule has 0 spiro atoms. The molecule has 1 atom stereocenters. The molecule has 1 aromatic carbocycles. The standard InChI is InChI=1S/C12H13NO4S/c1-7-4-8(14)2-3-9(7)11(15)13-6-18-5-10(13)12(16)17/h2-4,10,14H,5-6H2,1H3,(H,16,17)/t10-/m0/s1. The van der Waals surface area contributed by atoms with E-state index >= 15 is 0 Å². The molecule has 1 aromatic rings. The highest BCUT2D eigenvalue weighted by molar-refractivity contribution is 7.99. The van der Waals surface area contributed by atoms with Gasteiger partial charge in [-0.25, -0.2) is 4.79 Å². The molecule has 2 rings (SSSR count). The topological polar surface area (TPSA) is 77.8 Å². The third kappa shape index (κ3) is 2.28. The number of benzene rings is 1. The van der Waals surface area contributed by atoms with Crippen molar-refractivity contribution in [1.82, 2.24) is 4.90 Å². The van der Waals surface area contributed by atoms with Crippen LogP contribution in [0.15, 0.2) is 18.2 Å². The molecule has 5 nitrogen and oxygen atoms in total. The number of phenolic OH excluding ortho intramolecular Hbond substituents is 1. The maximum Gasteiger partial charge on any atom is 0.327 e. The van der Waals surface area contributed by atoms with Crippen molar-refractivity contribution in [1.29, 1.82) is 0 Å². The van der Waals surface area contributed by atoms with Crippen molar-refractivity contribution in [3.8, 4) is 5.75 Å². The molecule has 96 valence electrons. The molecular formula is C12H13NO4S. The number of thioether (sulfide) groups is 1. The number of rotatable bonds is 2. The van der Waals surface area contributed by atoms with Gasteiger partial charge in [-0.05, 0) is 30.7 Å². The molecule has 0 unspecified atom stereocenters. The fourth-order valence-corrected chi connectivity index (χ4v) is 3.04. The minimum absolute atomic E-state index is 0.0923. The summed E-state index contributed by atoms with van der Waals surface area (Å²) < 4.78 is 0. The first-order chi connectivity index (χ1) is 8.50. The normalized spacial score (nSPS) is 18.9. The van der Waals surface area contributed by atoms with E-state index in [2.05, 4.69) is 0 Å². The summed E-state index contributed by atoms with van der Waals surface area (Å²) in [5, 5.41) is 18.3. The van der Waals surface area contributed by atoms with Gasteiger partial charge < -0.3 is 15.1 Å². The van der Waals surface area contributed by atoms with Crippen LogP contribution in [-0.2, 0) is 4.79 Å². The van der Waals surface area contributed by atoms with Crippen molar-refractivity contribution in [2.45, 2.75) is 13.0 Å². The average Bonchev–Trinajstić information content (AvgIpc) is 2.77. The van der Waals surface area contributed by atoms with Gasteiger partial charge in [-0.1, -0.05) is 0 Å². The quantitative estimate of drug-likeness (QED) is 0.844. The molecule has 1 aliphatic rings. The number of hydrogen-bond acceptors (Lipinski definition) is 4. The Morgan fingerprint density at radius 2 is 2.17 bits per heavy atom. The first-order valence-electron chi connectivity index (χ1n) is 5.42. The molecule has 0 saturated carbocycles. The van der Waals surface area contributed by atoms with Crippen LogP contribution < -0.4 is 0 Å².